The van der Waals surface area contributed by atoms with E-state index in [1.54, 1.807) is 17.0 Å². The highest BCUT2D eigenvalue weighted by Gasteiger charge is 2.30. The summed E-state index contributed by atoms with van der Waals surface area (Å²) in [6, 6.07) is 5.58. The third-order valence-corrected chi connectivity index (χ3v) is 3.67. The van der Waals surface area contributed by atoms with Crippen molar-refractivity contribution in [1.29, 1.82) is 0 Å². The Labute approximate surface area is 130 Å². The molecule has 0 atom stereocenters. The first-order valence-corrected chi connectivity index (χ1v) is 7.70. The second-order valence-electron chi connectivity index (χ2n) is 5.39. The normalized spacial score (nSPS) is 14.5. The van der Waals surface area contributed by atoms with Crippen LogP contribution < -0.4 is 10.2 Å². The van der Waals surface area contributed by atoms with E-state index < -0.39 is 0 Å². The van der Waals surface area contributed by atoms with Crippen LogP contribution in [0.2, 0.25) is 0 Å². The van der Waals surface area contributed by atoms with Gasteiger partial charge in [0.15, 0.2) is 0 Å². The molecule has 1 aliphatic rings. The lowest BCUT2D eigenvalue weighted by atomic mass is 10.2. The Bertz CT molecular complexity index is 519. The number of hydrogen-bond acceptors (Lipinski definition) is 2. The molecule has 0 aliphatic carbocycles. The highest BCUT2D eigenvalue weighted by Crippen LogP contribution is 2.20. The molecule has 2 rings (SSSR count). The summed E-state index contributed by atoms with van der Waals surface area (Å²) in [6.07, 6.45) is 3.15. The highest BCUT2D eigenvalue weighted by molar-refractivity contribution is 5.96. The maximum Gasteiger partial charge on any atom is 0.325 e. The number of benzene rings is 1. The van der Waals surface area contributed by atoms with Gasteiger partial charge in [-0.15, -0.1) is 0 Å². The number of nitrogens with zero attached hydrogens (tertiary/aromatic N) is 2. The second-order valence-corrected chi connectivity index (χ2v) is 5.39. The van der Waals surface area contributed by atoms with Gasteiger partial charge in [-0.1, -0.05) is 19.8 Å². The number of nitrogens with one attached hydrogen (secondary N) is 1. The molecule has 6 heteroatoms. The highest BCUT2D eigenvalue weighted by atomic mass is 19.1. The van der Waals surface area contributed by atoms with Gasteiger partial charge in [0, 0.05) is 25.3 Å². The molecule has 3 amide bonds. The van der Waals surface area contributed by atoms with E-state index in [-0.39, 0.29) is 24.3 Å². The van der Waals surface area contributed by atoms with Crippen LogP contribution >= 0.6 is 0 Å². The van der Waals surface area contributed by atoms with E-state index in [1.807, 2.05) is 0 Å². The maximum atomic E-state index is 12.9. The number of hydrogen-bond donors (Lipinski definition) is 1. The summed E-state index contributed by atoms with van der Waals surface area (Å²) in [5.74, 6) is -0.468. The molecule has 1 fully saturated rings. The lowest BCUT2D eigenvalue weighted by Gasteiger charge is -2.18. The van der Waals surface area contributed by atoms with Crippen LogP contribution in [0.5, 0.6) is 0 Å². The third kappa shape index (κ3) is 4.19. The van der Waals surface area contributed by atoms with Gasteiger partial charge in [-0.2, -0.15) is 0 Å². The molecule has 0 spiro atoms. The molecular weight excluding hydrogens is 285 g/mol. The number of carbonyl (C=O) groups is 2. The van der Waals surface area contributed by atoms with Crippen molar-refractivity contribution in [2.24, 2.45) is 0 Å². The van der Waals surface area contributed by atoms with Gasteiger partial charge in [0.1, 0.15) is 12.4 Å². The molecule has 0 unspecified atom stereocenters. The minimum absolute atomic E-state index is 0.0721. The number of urea groups is 1. The van der Waals surface area contributed by atoms with E-state index in [0.717, 1.165) is 19.3 Å². The second kappa shape index (κ2) is 7.77. The van der Waals surface area contributed by atoms with Crippen LogP contribution in [0.25, 0.3) is 0 Å². The van der Waals surface area contributed by atoms with Crippen LogP contribution in [0.1, 0.15) is 26.2 Å². The zero-order valence-corrected chi connectivity index (χ0v) is 12.8. The fourth-order valence-corrected chi connectivity index (χ4v) is 2.42. The molecule has 1 aromatic rings. The van der Waals surface area contributed by atoms with Crippen LogP contribution in [-0.2, 0) is 4.79 Å². The van der Waals surface area contributed by atoms with Crippen molar-refractivity contribution in [3.05, 3.63) is 30.1 Å². The van der Waals surface area contributed by atoms with E-state index in [0.29, 0.717) is 25.3 Å². The van der Waals surface area contributed by atoms with E-state index >= 15 is 0 Å². The van der Waals surface area contributed by atoms with Crippen molar-refractivity contribution in [1.82, 2.24) is 10.2 Å². The molecule has 1 aliphatic heterocycles. The smallest absolute Gasteiger partial charge is 0.325 e. The molecule has 0 saturated carbocycles. The van der Waals surface area contributed by atoms with Gasteiger partial charge < -0.3 is 10.2 Å². The average Bonchev–Trinajstić information content (AvgIpc) is 2.86. The van der Waals surface area contributed by atoms with Crippen LogP contribution in [-0.4, -0.2) is 43.0 Å². The zero-order valence-electron chi connectivity index (χ0n) is 12.8. The Morgan fingerprint density at radius 2 is 1.95 bits per heavy atom. The lowest BCUT2D eigenvalue weighted by molar-refractivity contribution is -0.121. The molecule has 0 bridgehead atoms. The molecule has 120 valence electrons. The number of unbranched alkanes of at least 4 members (excludes halogenated alkanes) is 2. The van der Waals surface area contributed by atoms with Crippen molar-refractivity contribution in [2.75, 3.05) is 31.1 Å². The predicted molar refractivity (Wildman–Crippen MR) is 83.2 cm³/mol. The van der Waals surface area contributed by atoms with Crippen LogP contribution in [0, 0.1) is 5.82 Å². The zero-order chi connectivity index (χ0) is 15.9. The Kier molecular flexibility index (Phi) is 5.75. The summed E-state index contributed by atoms with van der Waals surface area (Å²) in [7, 11) is 0. The van der Waals surface area contributed by atoms with Crippen molar-refractivity contribution in [3.63, 3.8) is 0 Å². The van der Waals surface area contributed by atoms with Crippen LogP contribution in [0.4, 0.5) is 14.9 Å². The van der Waals surface area contributed by atoms with Gasteiger partial charge in [-0.3, -0.25) is 9.69 Å². The Hall–Kier alpha value is -2.11. The standard InChI is InChI=1S/C16H22FN3O2/c1-2-3-4-9-18-15(21)12-19-10-11-20(16(19)22)14-7-5-13(17)6-8-14/h5-8H,2-4,9-12H2,1H3,(H,18,21). The van der Waals surface area contributed by atoms with Crippen LogP contribution in [0.15, 0.2) is 24.3 Å². The maximum absolute atomic E-state index is 12.9. The van der Waals surface area contributed by atoms with Gasteiger partial charge in [0.25, 0.3) is 0 Å². The summed E-state index contributed by atoms with van der Waals surface area (Å²) in [4.78, 5) is 27.2. The molecule has 1 N–H and O–H groups in total. The van der Waals surface area contributed by atoms with E-state index in [1.165, 1.54) is 17.0 Å². The van der Waals surface area contributed by atoms with Gasteiger partial charge in [0.05, 0.1) is 0 Å². The fourth-order valence-electron chi connectivity index (χ4n) is 2.42. The summed E-state index contributed by atoms with van der Waals surface area (Å²) < 4.78 is 12.9. The van der Waals surface area contributed by atoms with Crippen LogP contribution in [0.3, 0.4) is 0 Å². The molecule has 22 heavy (non-hydrogen) atoms. The minimum atomic E-state index is -0.335. The fraction of sp³-hybridized carbons (Fsp3) is 0.500. The number of amides is 3. The first-order valence-electron chi connectivity index (χ1n) is 7.70. The van der Waals surface area contributed by atoms with Crippen molar-refractivity contribution >= 4 is 17.6 Å². The SMILES string of the molecule is CCCCCNC(=O)CN1CCN(c2ccc(F)cc2)C1=O. The largest absolute Gasteiger partial charge is 0.355 e. The monoisotopic (exact) mass is 307 g/mol. The molecule has 1 heterocycles. The van der Waals surface area contributed by atoms with Gasteiger partial charge >= 0.3 is 6.03 Å². The summed E-state index contributed by atoms with van der Waals surface area (Å²) >= 11 is 0. The Balaban J connectivity index is 1.83. The van der Waals surface area contributed by atoms with Gasteiger partial charge in [-0.25, -0.2) is 9.18 Å². The number of anilines is 1. The molecule has 1 aromatic carbocycles. The molecule has 5 nitrogen and oxygen atoms in total. The Morgan fingerprint density at radius 1 is 1.23 bits per heavy atom. The number of carbonyl (C=O) groups excluding carboxylic acids is 2. The van der Waals surface area contributed by atoms with Crippen molar-refractivity contribution < 1.29 is 14.0 Å². The third-order valence-electron chi connectivity index (χ3n) is 3.67. The topological polar surface area (TPSA) is 52.7 Å². The van der Waals surface area contributed by atoms with E-state index in [2.05, 4.69) is 12.2 Å². The van der Waals surface area contributed by atoms with Gasteiger partial charge in [-0.05, 0) is 30.7 Å². The van der Waals surface area contributed by atoms with Crippen molar-refractivity contribution in [3.8, 4) is 0 Å². The first-order chi connectivity index (χ1) is 10.6. The number of rotatable bonds is 7. The summed E-state index contributed by atoms with van der Waals surface area (Å²) in [6.45, 7) is 3.83. The molecule has 1 saturated heterocycles. The molecular formula is C16H22FN3O2. The van der Waals surface area contributed by atoms with E-state index in [9.17, 15) is 14.0 Å². The first kappa shape index (κ1) is 16.3. The van der Waals surface area contributed by atoms with Gasteiger partial charge in [0.2, 0.25) is 5.91 Å². The van der Waals surface area contributed by atoms with E-state index in [4.69, 9.17) is 0 Å². The minimum Gasteiger partial charge on any atom is -0.355 e. The molecule has 0 aromatic heterocycles. The quantitative estimate of drug-likeness (QED) is 0.786. The number of halogens is 1. The lowest BCUT2D eigenvalue weighted by Crippen LogP contribution is -2.40. The predicted octanol–water partition coefficient (Wildman–Crippen LogP) is 2.37. The summed E-state index contributed by atoms with van der Waals surface area (Å²) in [5.41, 5.74) is 0.650. The summed E-state index contributed by atoms with van der Waals surface area (Å²) in [5, 5.41) is 2.83. The molecule has 0 radical (unpaired) electrons. The average molecular weight is 307 g/mol. The van der Waals surface area contributed by atoms with Crippen molar-refractivity contribution in [2.45, 2.75) is 26.2 Å². The Morgan fingerprint density at radius 3 is 2.64 bits per heavy atom.